The van der Waals surface area contributed by atoms with Crippen LogP contribution in [-0.2, 0) is 14.8 Å². The minimum absolute atomic E-state index is 0.0546. The molecule has 8 heteroatoms. The van der Waals surface area contributed by atoms with Gasteiger partial charge in [-0.3, -0.25) is 4.79 Å². The number of benzene rings is 1. The molecular weight excluding hydrogens is 364 g/mol. The molecule has 7 nitrogen and oxygen atoms in total. The lowest BCUT2D eigenvalue weighted by atomic mass is 10.1. The third-order valence-corrected chi connectivity index (χ3v) is 5.67. The van der Waals surface area contributed by atoms with E-state index < -0.39 is 10.0 Å². The quantitative estimate of drug-likeness (QED) is 0.837. The van der Waals surface area contributed by atoms with E-state index >= 15 is 0 Å². The van der Waals surface area contributed by atoms with Crippen molar-refractivity contribution >= 4 is 33.1 Å². The summed E-state index contributed by atoms with van der Waals surface area (Å²) in [6, 6.07) is 7.99. The zero-order valence-corrected chi connectivity index (χ0v) is 16.5. The fourth-order valence-corrected chi connectivity index (χ4v) is 4.16. The Morgan fingerprint density at radius 2 is 2.00 bits per heavy atom. The molecule has 1 N–H and O–H groups in total. The monoisotopic (exact) mass is 388 g/mol. The first-order valence-corrected chi connectivity index (χ1v) is 10.6. The largest absolute Gasteiger partial charge is 0.369 e. The highest BCUT2D eigenvalue weighted by Gasteiger charge is 2.29. The molecular formula is C19H24N4O3S. The van der Waals surface area contributed by atoms with Crippen molar-refractivity contribution in [1.82, 2.24) is 4.90 Å². The minimum Gasteiger partial charge on any atom is -0.369 e. The van der Waals surface area contributed by atoms with Crippen molar-refractivity contribution in [2.75, 3.05) is 29.1 Å². The molecule has 0 radical (unpaired) electrons. The van der Waals surface area contributed by atoms with Crippen LogP contribution in [0.15, 0.2) is 52.6 Å². The summed E-state index contributed by atoms with van der Waals surface area (Å²) in [6.45, 7) is 7.55. The predicted molar refractivity (Wildman–Crippen MR) is 108 cm³/mol. The summed E-state index contributed by atoms with van der Waals surface area (Å²) in [6.07, 6.45) is 5.03. The van der Waals surface area contributed by atoms with E-state index in [4.69, 9.17) is 0 Å². The van der Waals surface area contributed by atoms with Gasteiger partial charge in [-0.2, -0.15) is 0 Å². The van der Waals surface area contributed by atoms with E-state index in [0.29, 0.717) is 18.3 Å². The van der Waals surface area contributed by atoms with Crippen molar-refractivity contribution in [2.24, 2.45) is 4.40 Å². The van der Waals surface area contributed by atoms with Gasteiger partial charge >= 0.3 is 0 Å². The average molecular weight is 388 g/mol. The van der Waals surface area contributed by atoms with Crippen LogP contribution < -0.4 is 10.2 Å². The lowest BCUT2D eigenvalue weighted by molar-refractivity contribution is -0.112. The van der Waals surface area contributed by atoms with E-state index in [1.807, 2.05) is 24.3 Å². The van der Waals surface area contributed by atoms with Crippen LogP contribution in [0.5, 0.6) is 0 Å². The molecule has 0 spiro atoms. The molecule has 2 heterocycles. The van der Waals surface area contributed by atoms with Crippen molar-refractivity contribution in [3.8, 4) is 0 Å². The summed E-state index contributed by atoms with van der Waals surface area (Å²) in [7, 11) is -3.53. The summed E-state index contributed by atoms with van der Waals surface area (Å²) >= 11 is 0. The molecule has 0 aliphatic carbocycles. The Labute approximate surface area is 160 Å². The third kappa shape index (κ3) is 4.21. The molecule has 1 amide bonds. The van der Waals surface area contributed by atoms with Gasteiger partial charge in [0.15, 0.2) is 5.84 Å². The number of hydrogen-bond acceptors (Lipinski definition) is 5. The Balaban J connectivity index is 1.78. The number of fused-ring (bicyclic) bond motifs is 1. The molecule has 144 valence electrons. The number of anilines is 2. The van der Waals surface area contributed by atoms with E-state index in [1.165, 1.54) is 0 Å². The maximum atomic E-state index is 12.7. The molecule has 0 aromatic heterocycles. The van der Waals surface area contributed by atoms with Crippen molar-refractivity contribution < 1.29 is 13.2 Å². The first-order chi connectivity index (χ1) is 12.8. The number of hydrogen-bond donors (Lipinski definition) is 1. The van der Waals surface area contributed by atoms with Crippen LogP contribution in [0.3, 0.4) is 0 Å². The van der Waals surface area contributed by atoms with Crippen LogP contribution in [0, 0.1) is 0 Å². The van der Waals surface area contributed by atoms with Crippen LogP contribution in [0.4, 0.5) is 11.4 Å². The number of nitrogens with zero attached hydrogens (tertiary/aromatic N) is 3. The van der Waals surface area contributed by atoms with Crippen LogP contribution in [0.25, 0.3) is 0 Å². The lowest BCUT2D eigenvalue weighted by Crippen LogP contribution is -2.40. The molecule has 0 unspecified atom stereocenters. The highest BCUT2D eigenvalue weighted by Crippen LogP contribution is 2.22. The van der Waals surface area contributed by atoms with Gasteiger partial charge in [0.2, 0.25) is 0 Å². The van der Waals surface area contributed by atoms with Gasteiger partial charge in [-0.1, -0.05) is 0 Å². The molecule has 3 rings (SSSR count). The van der Waals surface area contributed by atoms with Crippen LogP contribution in [0.1, 0.15) is 20.8 Å². The Morgan fingerprint density at radius 3 is 2.63 bits per heavy atom. The number of sulfonamides is 1. The summed E-state index contributed by atoms with van der Waals surface area (Å²) in [5.41, 5.74) is 1.96. The predicted octanol–water partition coefficient (Wildman–Crippen LogP) is 2.36. The standard InChI is InChI=1S/C19H24N4O3S/c1-4-23(14(2)3)16-9-7-15(8-10-16)20-19(24)17-6-5-11-22-12-13-27(25,26)21-18(17)22/h5-11,14H,4,12-13H2,1-3H3,(H,20,24). The van der Waals surface area contributed by atoms with Gasteiger partial charge in [-0.25, -0.2) is 8.42 Å². The molecule has 0 atom stereocenters. The third-order valence-electron chi connectivity index (χ3n) is 4.52. The molecule has 0 bridgehead atoms. The van der Waals surface area contributed by atoms with Crippen LogP contribution in [0.2, 0.25) is 0 Å². The number of allylic oxidation sites excluding steroid dienone is 2. The highest BCUT2D eigenvalue weighted by atomic mass is 32.2. The summed E-state index contributed by atoms with van der Waals surface area (Å²) in [4.78, 5) is 16.6. The molecule has 0 saturated heterocycles. The zero-order chi connectivity index (χ0) is 19.6. The second kappa shape index (κ2) is 7.56. The van der Waals surface area contributed by atoms with Crippen molar-refractivity contribution in [2.45, 2.75) is 26.8 Å². The second-order valence-corrected chi connectivity index (χ2v) is 8.45. The van der Waals surface area contributed by atoms with E-state index in [0.717, 1.165) is 12.2 Å². The number of carbonyl (C=O) groups is 1. The lowest BCUT2D eigenvalue weighted by Gasteiger charge is -2.29. The van der Waals surface area contributed by atoms with Gasteiger partial charge in [0.05, 0.1) is 11.3 Å². The number of carbonyl (C=O) groups excluding carboxylic acids is 1. The summed E-state index contributed by atoms with van der Waals surface area (Å²) in [5.74, 6) is -0.264. The Morgan fingerprint density at radius 1 is 1.30 bits per heavy atom. The van der Waals surface area contributed by atoms with Crippen LogP contribution >= 0.6 is 0 Å². The molecule has 27 heavy (non-hydrogen) atoms. The fraction of sp³-hybridized carbons (Fsp3) is 0.368. The first kappa shape index (κ1) is 19.2. The average Bonchev–Trinajstić information content (AvgIpc) is 2.62. The summed E-state index contributed by atoms with van der Waals surface area (Å²) < 4.78 is 27.4. The maximum absolute atomic E-state index is 12.7. The van der Waals surface area contributed by atoms with Crippen LogP contribution in [-0.4, -0.2) is 49.9 Å². The molecule has 1 aromatic carbocycles. The normalized spacial score (nSPS) is 17.9. The molecule has 0 fully saturated rings. The fourth-order valence-electron chi connectivity index (χ4n) is 3.17. The molecule has 2 aliphatic heterocycles. The van der Waals surface area contributed by atoms with Gasteiger partial charge in [-0.05, 0) is 57.2 Å². The Kier molecular flexibility index (Phi) is 5.36. The first-order valence-electron chi connectivity index (χ1n) is 8.97. The van der Waals surface area contributed by atoms with Crippen molar-refractivity contribution in [1.29, 1.82) is 0 Å². The minimum atomic E-state index is -3.53. The van der Waals surface area contributed by atoms with Gasteiger partial charge in [0, 0.05) is 36.7 Å². The van der Waals surface area contributed by atoms with E-state index in [9.17, 15) is 13.2 Å². The van der Waals surface area contributed by atoms with E-state index in [2.05, 4.69) is 35.4 Å². The highest BCUT2D eigenvalue weighted by molar-refractivity contribution is 7.90. The molecule has 2 aliphatic rings. The Hall–Kier alpha value is -2.61. The second-order valence-electron chi connectivity index (χ2n) is 6.70. The van der Waals surface area contributed by atoms with Crippen molar-refractivity contribution in [3.63, 3.8) is 0 Å². The van der Waals surface area contributed by atoms with E-state index in [1.54, 1.807) is 23.3 Å². The number of amides is 1. The number of nitrogens with one attached hydrogen (secondary N) is 1. The Bertz CT molecular complexity index is 915. The molecule has 0 saturated carbocycles. The maximum Gasteiger partial charge on any atom is 0.259 e. The van der Waals surface area contributed by atoms with Gasteiger partial charge in [0.1, 0.15) is 0 Å². The smallest absolute Gasteiger partial charge is 0.259 e. The van der Waals surface area contributed by atoms with Gasteiger partial charge in [0.25, 0.3) is 15.9 Å². The number of amidine groups is 1. The van der Waals surface area contributed by atoms with Gasteiger partial charge in [-0.15, -0.1) is 4.40 Å². The summed E-state index contributed by atoms with van der Waals surface area (Å²) in [5, 5.41) is 2.82. The SMILES string of the molecule is CCN(c1ccc(NC(=O)C2=CC=CN3CCS(=O)(=O)N=C23)cc1)C(C)C. The number of rotatable bonds is 5. The molecule has 1 aromatic rings. The topological polar surface area (TPSA) is 82.1 Å². The van der Waals surface area contributed by atoms with Crippen molar-refractivity contribution in [3.05, 3.63) is 48.2 Å². The van der Waals surface area contributed by atoms with E-state index in [-0.39, 0.29) is 23.1 Å². The van der Waals surface area contributed by atoms with Gasteiger partial charge < -0.3 is 15.1 Å². The zero-order valence-electron chi connectivity index (χ0n) is 15.7.